The zero-order valence-electron chi connectivity index (χ0n) is 18.4. The number of amides is 2. The van der Waals surface area contributed by atoms with Crippen LogP contribution in [0.3, 0.4) is 0 Å². The quantitative estimate of drug-likeness (QED) is 0.502. The number of allylic oxidation sites excluding steroid dienone is 1. The number of nitrogen functional groups attached to an aromatic ring is 1. The van der Waals surface area contributed by atoms with Gasteiger partial charge in [-0.05, 0) is 48.9 Å². The van der Waals surface area contributed by atoms with Crippen LogP contribution in [0.2, 0.25) is 0 Å². The van der Waals surface area contributed by atoms with Crippen molar-refractivity contribution in [1.82, 2.24) is 24.8 Å². The van der Waals surface area contributed by atoms with Gasteiger partial charge in [0, 0.05) is 17.1 Å². The Morgan fingerprint density at radius 1 is 1.32 bits per heavy atom. The fraction of sp³-hybridized carbons (Fsp3) is 0.429. The maximum absolute atomic E-state index is 12.4. The molecule has 3 rings (SSSR count). The van der Waals surface area contributed by atoms with Crippen molar-refractivity contribution in [2.24, 2.45) is 11.1 Å². The first kappa shape index (κ1) is 22.8. The Balaban J connectivity index is 1.72. The van der Waals surface area contributed by atoms with Gasteiger partial charge in [0.05, 0.1) is 12.1 Å². The van der Waals surface area contributed by atoms with E-state index in [1.165, 1.54) is 4.91 Å². The Bertz CT molecular complexity index is 1020. The van der Waals surface area contributed by atoms with E-state index in [2.05, 4.69) is 40.9 Å². The van der Waals surface area contributed by atoms with Crippen LogP contribution in [0.1, 0.15) is 56.6 Å². The summed E-state index contributed by atoms with van der Waals surface area (Å²) in [6.07, 6.45) is 3.60. The molecule has 166 valence electrons. The van der Waals surface area contributed by atoms with Gasteiger partial charge in [-0.15, -0.1) is 0 Å². The molecule has 3 heterocycles. The minimum Gasteiger partial charge on any atom is -0.383 e. The molecule has 0 aromatic carbocycles. The van der Waals surface area contributed by atoms with Crippen molar-refractivity contribution in [3.05, 3.63) is 40.4 Å². The fourth-order valence-electron chi connectivity index (χ4n) is 3.16. The molecule has 2 aromatic heterocycles. The van der Waals surface area contributed by atoms with Crippen LogP contribution in [0.15, 0.2) is 29.3 Å². The smallest absolute Gasteiger partial charge is 0.254 e. The molecule has 0 saturated carbocycles. The number of nitrogens with zero attached hydrogens (tertiary/aromatic N) is 3. The predicted octanol–water partition coefficient (Wildman–Crippen LogP) is 2.37. The molecule has 2 amide bonds. The lowest BCUT2D eigenvalue weighted by atomic mass is 9.95. The molecule has 0 spiro atoms. The van der Waals surface area contributed by atoms with Gasteiger partial charge in [0.15, 0.2) is 0 Å². The first-order chi connectivity index (χ1) is 14.5. The van der Waals surface area contributed by atoms with Crippen LogP contribution in [0.4, 0.5) is 5.82 Å². The van der Waals surface area contributed by atoms with Crippen LogP contribution in [-0.4, -0.2) is 32.7 Å². The standard InChI is InChI=1S/C21H29N7O2S/c1-11(2)28-19(22)17(20(23)30)18(26-28)13-7-6-12(10-24-13)8-16(29)25-15-9-14(31-27-15)21(3,4)5/h6-7,9-11,15,27H,8,22H2,1-5H3,(H2,23,30)(H,25,29). The number of aromatic nitrogens is 3. The summed E-state index contributed by atoms with van der Waals surface area (Å²) < 4.78 is 4.75. The highest BCUT2D eigenvalue weighted by Crippen LogP contribution is 2.36. The fourth-order valence-corrected chi connectivity index (χ4v) is 4.05. The Kier molecular flexibility index (Phi) is 6.42. The molecular weight excluding hydrogens is 414 g/mol. The van der Waals surface area contributed by atoms with E-state index in [9.17, 15) is 9.59 Å². The van der Waals surface area contributed by atoms with Gasteiger partial charge in [-0.25, -0.2) is 9.40 Å². The molecule has 10 heteroatoms. The number of carbonyl (C=O) groups excluding carboxylic acids is 2. The molecule has 0 bridgehead atoms. The normalized spacial score (nSPS) is 16.5. The van der Waals surface area contributed by atoms with E-state index in [1.54, 1.807) is 35.0 Å². The lowest BCUT2D eigenvalue weighted by Gasteiger charge is -2.17. The molecule has 0 fully saturated rings. The second-order valence-electron chi connectivity index (χ2n) is 8.79. The van der Waals surface area contributed by atoms with Gasteiger partial charge in [-0.2, -0.15) is 5.10 Å². The zero-order chi connectivity index (χ0) is 22.9. The van der Waals surface area contributed by atoms with Crippen LogP contribution in [0, 0.1) is 5.41 Å². The first-order valence-electron chi connectivity index (χ1n) is 10.0. The third-order valence-electron chi connectivity index (χ3n) is 4.78. The number of anilines is 1. The van der Waals surface area contributed by atoms with Crippen molar-refractivity contribution in [2.45, 2.75) is 53.2 Å². The van der Waals surface area contributed by atoms with Crippen LogP contribution in [0.5, 0.6) is 0 Å². The average molecular weight is 444 g/mol. The van der Waals surface area contributed by atoms with Crippen LogP contribution in [-0.2, 0) is 11.2 Å². The summed E-state index contributed by atoms with van der Waals surface area (Å²) in [5.74, 6) is -0.563. The molecule has 31 heavy (non-hydrogen) atoms. The van der Waals surface area contributed by atoms with Gasteiger partial charge >= 0.3 is 0 Å². The second kappa shape index (κ2) is 8.72. The Labute approximate surface area is 186 Å². The third-order valence-corrected chi connectivity index (χ3v) is 6.12. The van der Waals surface area contributed by atoms with Crippen molar-refractivity contribution >= 4 is 29.6 Å². The van der Waals surface area contributed by atoms with Crippen molar-refractivity contribution in [2.75, 3.05) is 5.73 Å². The number of nitrogens with two attached hydrogens (primary N) is 2. The number of hydrogen-bond donors (Lipinski definition) is 4. The Hall–Kier alpha value is -2.85. The van der Waals surface area contributed by atoms with Crippen molar-refractivity contribution in [3.63, 3.8) is 0 Å². The average Bonchev–Trinajstić information content (AvgIpc) is 3.26. The molecule has 0 aliphatic carbocycles. The van der Waals surface area contributed by atoms with Gasteiger partial charge in [-0.1, -0.05) is 26.8 Å². The molecule has 6 N–H and O–H groups in total. The highest BCUT2D eigenvalue weighted by molar-refractivity contribution is 8.01. The summed E-state index contributed by atoms with van der Waals surface area (Å²) in [5, 5.41) is 7.37. The highest BCUT2D eigenvalue weighted by Gasteiger charge is 2.26. The molecule has 9 nitrogen and oxygen atoms in total. The van der Waals surface area contributed by atoms with E-state index in [0.717, 1.165) is 5.56 Å². The van der Waals surface area contributed by atoms with Gasteiger partial charge in [0.2, 0.25) is 5.91 Å². The first-order valence-corrected chi connectivity index (χ1v) is 10.9. The maximum atomic E-state index is 12.4. The molecule has 1 aliphatic rings. The van der Waals surface area contributed by atoms with Gasteiger partial charge in [0.25, 0.3) is 5.91 Å². The van der Waals surface area contributed by atoms with E-state index >= 15 is 0 Å². The minimum absolute atomic E-state index is 0.0343. The van der Waals surface area contributed by atoms with E-state index < -0.39 is 5.91 Å². The molecule has 1 atom stereocenters. The summed E-state index contributed by atoms with van der Waals surface area (Å²) in [6, 6.07) is 3.46. The van der Waals surface area contributed by atoms with Crippen molar-refractivity contribution < 1.29 is 9.59 Å². The van der Waals surface area contributed by atoms with Crippen LogP contribution < -0.4 is 21.5 Å². The Morgan fingerprint density at radius 3 is 2.55 bits per heavy atom. The number of primary amides is 1. The van der Waals surface area contributed by atoms with Gasteiger partial charge in [-0.3, -0.25) is 14.6 Å². The summed E-state index contributed by atoms with van der Waals surface area (Å²) >= 11 is 1.54. The highest BCUT2D eigenvalue weighted by atomic mass is 32.2. The molecule has 2 aromatic rings. The predicted molar refractivity (Wildman–Crippen MR) is 123 cm³/mol. The minimum atomic E-state index is -0.658. The molecule has 1 aliphatic heterocycles. The van der Waals surface area contributed by atoms with E-state index in [4.69, 9.17) is 11.5 Å². The molecular formula is C21H29N7O2S. The summed E-state index contributed by atoms with van der Waals surface area (Å²) in [6.45, 7) is 10.2. The van der Waals surface area contributed by atoms with E-state index in [1.807, 2.05) is 19.9 Å². The zero-order valence-corrected chi connectivity index (χ0v) is 19.2. The molecule has 1 unspecified atom stereocenters. The number of rotatable bonds is 6. The maximum Gasteiger partial charge on any atom is 0.254 e. The van der Waals surface area contributed by atoms with E-state index in [-0.39, 0.29) is 41.3 Å². The number of nitrogens with one attached hydrogen (secondary N) is 2. The number of pyridine rings is 1. The van der Waals surface area contributed by atoms with Gasteiger partial charge < -0.3 is 16.8 Å². The second-order valence-corrected chi connectivity index (χ2v) is 9.67. The van der Waals surface area contributed by atoms with Crippen LogP contribution in [0.25, 0.3) is 11.4 Å². The third kappa shape index (κ3) is 5.08. The van der Waals surface area contributed by atoms with E-state index in [0.29, 0.717) is 11.4 Å². The molecule has 0 saturated heterocycles. The summed E-state index contributed by atoms with van der Waals surface area (Å²) in [5.41, 5.74) is 13.3. The SMILES string of the molecule is CC(C)n1nc(-c2ccc(CC(=O)NC3C=C(C(C)(C)C)SN3)cn2)c(C(N)=O)c1N. The van der Waals surface area contributed by atoms with Crippen molar-refractivity contribution in [1.29, 1.82) is 0 Å². The lowest BCUT2D eigenvalue weighted by Crippen LogP contribution is -2.39. The lowest BCUT2D eigenvalue weighted by molar-refractivity contribution is -0.120. The van der Waals surface area contributed by atoms with Crippen LogP contribution >= 0.6 is 11.9 Å². The largest absolute Gasteiger partial charge is 0.383 e. The summed E-state index contributed by atoms with van der Waals surface area (Å²) in [4.78, 5) is 29.9. The monoisotopic (exact) mass is 443 g/mol. The van der Waals surface area contributed by atoms with Crippen molar-refractivity contribution in [3.8, 4) is 11.4 Å². The molecule has 0 radical (unpaired) electrons. The number of carbonyl (C=O) groups is 2. The topological polar surface area (TPSA) is 141 Å². The number of hydrogen-bond acceptors (Lipinski definition) is 7. The summed E-state index contributed by atoms with van der Waals surface area (Å²) in [7, 11) is 0. The Morgan fingerprint density at radius 2 is 2.03 bits per heavy atom. The van der Waals surface area contributed by atoms with Gasteiger partial charge in [0.1, 0.15) is 23.2 Å².